The molecule has 5 aromatic carbocycles. The molecule has 0 aromatic heterocycles. The molecule has 0 aliphatic rings. The number of phenolic OH excluding ortho intramolecular Hbond substituents is 1. The number of aryl methyl sites for hydroxylation is 1. The van der Waals surface area contributed by atoms with Crippen LogP contribution in [0.1, 0.15) is 5.56 Å². The molecule has 0 atom stereocenters. The molecule has 1 nitrogen and oxygen atoms in total. The van der Waals surface area contributed by atoms with Crippen LogP contribution in [0.5, 0.6) is 5.75 Å². The van der Waals surface area contributed by atoms with Gasteiger partial charge in [-0.3, -0.25) is 0 Å². The number of hydrogen-bond donors (Lipinski definition) is 1. The van der Waals surface area contributed by atoms with E-state index in [4.69, 9.17) is 0 Å². The molecule has 0 saturated carbocycles. The van der Waals surface area contributed by atoms with Gasteiger partial charge in [0, 0.05) is 0 Å². The Labute approximate surface area is 152 Å². The number of fused-ring (bicyclic) bond motifs is 4. The van der Waals surface area contributed by atoms with Gasteiger partial charge in [-0.25, -0.2) is 0 Å². The van der Waals surface area contributed by atoms with Crippen molar-refractivity contribution in [3.8, 4) is 16.9 Å². The Morgan fingerprint density at radius 2 is 1.23 bits per heavy atom. The van der Waals surface area contributed by atoms with Gasteiger partial charge in [0.2, 0.25) is 0 Å². The van der Waals surface area contributed by atoms with Gasteiger partial charge in [0.25, 0.3) is 0 Å². The number of aromatic hydroxyl groups is 1. The van der Waals surface area contributed by atoms with E-state index in [1.54, 1.807) is 0 Å². The van der Waals surface area contributed by atoms with Crippen LogP contribution >= 0.6 is 0 Å². The van der Waals surface area contributed by atoms with Crippen molar-refractivity contribution in [2.24, 2.45) is 0 Å². The monoisotopic (exact) mass is 334 g/mol. The fourth-order valence-corrected chi connectivity index (χ4v) is 4.07. The van der Waals surface area contributed by atoms with Crippen LogP contribution in [0.25, 0.3) is 43.4 Å². The molecule has 1 heteroatoms. The van der Waals surface area contributed by atoms with Gasteiger partial charge in [-0.15, -0.1) is 0 Å². The minimum absolute atomic E-state index is 0.301. The molecular formula is C25H18O. The average Bonchev–Trinajstić information content (AvgIpc) is 2.67. The molecule has 0 unspecified atom stereocenters. The highest BCUT2D eigenvalue weighted by molar-refractivity contribution is 6.17. The molecule has 0 heterocycles. The van der Waals surface area contributed by atoms with Gasteiger partial charge in [-0.05, 0) is 68.1 Å². The van der Waals surface area contributed by atoms with E-state index in [2.05, 4.69) is 79.7 Å². The summed E-state index contributed by atoms with van der Waals surface area (Å²) >= 11 is 0. The normalized spacial score (nSPS) is 11.4. The maximum atomic E-state index is 10.4. The summed E-state index contributed by atoms with van der Waals surface area (Å²) < 4.78 is 0. The zero-order chi connectivity index (χ0) is 17.7. The lowest BCUT2D eigenvalue weighted by atomic mass is 9.88. The van der Waals surface area contributed by atoms with E-state index in [-0.39, 0.29) is 0 Å². The van der Waals surface area contributed by atoms with Gasteiger partial charge in [0.1, 0.15) is 5.75 Å². The minimum Gasteiger partial charge on any atom is -0.508 e. The smallest absolute Gasteiger partial charge is 0.116 e. The molecule has 0 amide bonds. The summed E-state index contributed by atoms with van der Waals surface area (Å²) in [5.74, 6) is 0.301. The Morgan fingerprint density at radius 1 is 0.615 bits per heavy atom. The summed E-state index contributed by atoms with van der Waals surface area (Å²) in [7, 11) is 0. The number of benzene rings is 5. The molecule has 0 spiro atoms. The van der Waals surface area contributed by atoms with Crippen molar-refractivity contribution in [2.75, 3.05) is 0 Å². The summed E-state index contributed by atoms with van der Waals surface area (Å²) in [4.78, 5) is 0. The fourth-order valence-electron chi connectivity index (χ4n) is 4.07. The van der Waals surface area contributed by atoms with Gasteiger partial charge < -0.3 is 5.11 Å². The maximum absolute atomic E-state index is 10.4. The summed E-state index contributed by atoms with van der Waals surface area (Å²) in [6, 6.07) is 29.2. The van der Waals surface area contributed by atoms with E-state index in [0.717, 1.165) is 10.9 Å². The largest absolute Gasteiger partial charge is 0.508 e. The van der Waals surface area contributed by atoms with Crippen LogP contribution in [0, 0.1) is 6.92 Å². The SMILES string of the molecule is Cc1ccc2ccccc2c1-c1cc(O)cc2ccc3ccccc3c12. The zero-order valence-electron chi connectivity index (χ0n) is 14.5. The standard InChI is InChI=1S/C25H18O/c1-16-10-11-17-6-2-4-8-21(17)24(16)23-15-20(26)14-19-13-12-18-7-3-5-9-22(18)25(19)23/h2-15,26H,1H3. The predicted molar refractivity (Wildman–Crippen MR) is 111 cm³/mol. The molecule has 5 rings (SSSR count). The third kappa shape index (κ3) is 2.18. The zero-order valence-corrected chi connectivity index (χ0v) is 14.5. The van der Waals surface area contributed by atoms with Crippen molar-refractivity contribution in [1.29, 1.82) is 0 Å². The Morgan fingerprint density at radius 3 is 2.04 bits per heavy atom. The molecule has 0 aliphatic carbocycles. The highest BCUT2D eigenvalue weighted by Gasteiger charge is 2.14. The van der Waals surface area contributed by atoms with Crippen LogP contribution < -0.4 is 0 Å². The van der Waals surface area contributed by atoms with Crippen molar-refractivity contribution in [3.63, 3.8) is 0 Å². The van der Waals surface area contributed by atoms with E-state index < -0.39 is 0 Å². The van der Waals surface area contributed by atoms with Gasteiger partial charge in [0.15, 0.2) is 0 Å². The van der Waals surface area contributed by atoms with E-state index >= 15 is 0 Å². The van der Waals surface area contributed by atoms with Gasteiger partial charge >= 0.3 is 0 Å². The first-order chi connectivity index (χ1) is 12.7. The molecule has 5 aromatic rings. The first-order valence-corrected chi connectivity index (χ1v) is 8.85. The first kappa shape index (κ1) is 15.0. The third-order valence-electron chi connectivity index (χ3n) is 5.23. The van der Waals surface area contributed by atoms with Crippen molar-refractivity contribution in [1.82, 2.24) is 0 Å². The molecule has 0 saturated heterocycles. The van der Waals surface area contributed by atoms with Crippen molar-refractivity contribution >= 4 is 32.3 Å². The summed E-state index contributed by atoms with van der Waals surface area (Å²) in [6.07, 6.45) is 0. The van der Waals surface area contributed by atoms with Crippen LogP contribution in [0.15, 0.2) is 84.9 Å². The van der Waals surface area contributed by atoms with Gasteiger partial charge in [0.05, 0.1) is 0 Å². The van der Waals surface area contributed by atoms with Gasteiger partial charge in [-0.1, -0.05) is 72.8 Å². The average molecular weight is 334 g/mol. The molecule has 0 fully saturated rings. The highest BCUT2D eigenvalue weighted by Crippen LogP contribution is 2.41. The van der Waals surface area contributed by atoms with Crippen molar-refractivity contribution in [3.05, 3.63) is 90.5 Å². The maximum Gasteiger partial charge on any atom is 0.116 e. The Balaban J connectivity index is 2.03. The third-order valence-corrected chi connectivity index (χ3v) is 5.23. The van der Waals surface area contributed by atoms with E-state index in [1.807, 2.05) is 12.1 Å². The van der Waals surface area contributed by atoms with Crippen LogP contribution in [0.4, 0.5) is 0 Å². The summed E-state index contributed by atoms with van der Waals surface area (Å²) in [5.41, 5.74) is 3.50. The van der Waals surface area contributed by atoms with Crippen LogP contribution in [0.2, 0.25) is 0 Å². The minimum atomic E-state index is 0.301. The lowest BCUT2D eigenvalue weighted by molar-refractivity contribution is 0.476. The van der Waals surface area contributed by atoms with Crippen molar-refractivity contribution in [2.45, 2.75) is 6.92 Å². The van der Waals surface area contributed by atoms with Crippen LogP contribution in [-0.4, -0.2) is 5.11 Å². The summed E-state index contributed by atoms with van der Waals surface area (Å²) in [5, 5.41) is 17.5. The van der Waals surface area contributed by atoms with Crippen molar-refractivity contribution < 1.29 is 5.11 Å². The number of rotatable bonds is 1. The molecule has 0 bridgehead atoms. The number of phenols is 1. The molecular weight excluding hydrogens is 316 g/mol. The lowest BCUT2D eigenvalue weighted by Gasteiger charge is -2.16. The Hall–Kier alpha value is -3.32. The second-order valence-electron chi connectivity index (χ2n) is 6.86. The molecule has 0 aliphatic heterocycles. The molecule has 26 heavy (non-hydrogen) atoms. The van der Waals surface area contributed by atoms with Crippen LogP contribution in [0.3, 0.4) is 0 Å². The summed E-state index contributed by atoms with van der Waals surface area (Å²) in [6.45, 7) is 2.14. The molecule has 0 radical (unpaired) electrons. The topological polar surface area (TPSA) is 20.2 Å². The van der Waals surface area contributed by atoms with E-state index in [9.17, 15) is 5.11 Å². The molecule has 124 valence electrons. The number of hydrogen-bond acceptors (Lipinski definition) is 1. The van der Waals surface area contributed by atoms with Gasteiger partial charge in [-0.2, -0.15) is 0 Å². The second kappa shape index (κ2) is 5.60. The molecule has 1 N–H and O–H groups in total. The predicted octanol–water partition coefficient (Wildman–Crippen LogP) is 6.83. The Kier molecular flexibility index (Phi) is 3.23. The highest BCUT2D eigenvalue weighted by atomic mass is 16.3. The fraction of sp³-hybridized carbons (Fsp3) is 0.0400. The quantitative estimate of drug-likeness (QED) is 0.333. The van der Waals surface area contributed by atoms with Crippen LogP contribution in [-0.2, 0) is 0 Å². The Bertz CT molecular complexity index is 1300. The first-order valence-electron chi connectivity index (χ1n) is 8.85. The van der Waals surface area contributed by atoms with E-state index in [1.165, 1.54) is 38.1 Å². The second-order valence-corrected chi connectivity index (χ2v) is 6.86. The van der Waals surface area contributed by atoms with E-state index in [0.29, 0.717) is 5.75 Å². The lowest BCUT2D eigenvalue weighted by Crippen LogP contribution is -1.89.